The lowest BCUT2D eigenvalue weighted by molar-refractivity contribution is -0.146. The predicted octanol–water partition coefficient (Wildman–Crippen LogP) is 8.05. The number of aliphatic carboxylic acids is 10. The van der Waals surface area contributed by atoms with E-state index in [1.165, 1.54) is 10.7 Å². The quantitative estimate of drug-likeness (QED) is 0.0186. The molecule has 3 aromatic carbocycles. The second-order valence-electron chi connectivity index (χ2n) is 33.3. The molecule has 808 valence electrons. The summed E-state index contributed by atoms with van der Waals surface area (Å²) in [5, 5.41) is 113. The van der Waals surface area contributed by atoms with E-state index in [1.54, 1.807) is 18.2 Å². The summed E-state index contributed by atoms with van der Waals surface area (Å²) in [6.07, 6.45) is -5.84. The number of amides is 5. The number of carboxylic acids is 10. The Morgan fingerprint density at radius 3 is 1.01 bits per heavy atom. The Balaban J connectivity index is -0.00000370. The number of ketones is 6. The average Bonchev–Trinajstić information content (AvgIpc) is 1.62. The number of unbranched alkanes of at least 4 members (excludes halogenated alkanes) is 8. The lowest BCUT2D eigenvalue weighted by atomic mass is 9.93. The highest BCUT2D eigenvalue weighted by molar-refractivity contribution is 7.60. The van der Waals surface area contributed by atoms with E-state index in [0.717, 1.165) is 73.6 Å². The molecule has 4 aromatic rings. The number of carbonyl (C=O) groups is 22. The summed E-state index contributed by atoms with van der Waals surface area (Å²) in [4.78, 5) is 273. The van der Waals surface area contributed by atoms with Crippen LogP contribution in [0.25, 0.3) is 22.0 Å². The van der Waals surface area contributed by atoms with Crippen molar-refractivity contribution in [1.82, 2.24) is 36.4 Å². The fraction of sp³-hybridized carbons (Fsp3) is 0.549. The number of rotatable bonds is 72. The molecule has 143 heavy (non-hydrogen) atoms. The van der Waals surface area contributed by atoms with Gasteiger partial charge >= 0.3 is 59.7 Å². The third kappa shape index (κ3) is 58.1. The summed E-state index contributed by atoms with van der Waals surface area (Å²) in [6, 6.07) is 9.90. The average molecular weight is 2210 g/mol. The van der Waals surface area contributed by atoms with Crippen molar-refractivity contribution in [3.05, 3.63) is 83.2 Å². The topological polar surface area (TPSA) is 708 Å². The minimum atomic E-state index is -1.81. The fourth-order valence-corrected chi connectivity index (χ4v) is 14.8. The molecule has 0 saturated carbocycles. The van der Waals surface area contributed by atoms with Crippen LogP contribution in [0.2, 0.25) is 0 Å². The third-order valence-corrected chi connectivity index (χ3v) is 22.4. The van der Waals surface area contributed by atoms with Crippen LogP contribution in [0.4, 0.5) is 10.2 Å². The van der Waals surface area contributed by atoms with Crippen molar-refractivity contribution in [1.29, 1.82) is 0 Å². The SMILES string of the molecule is Cc1ccc(F)c(CC(=O)Cc2ccc(-c3cccc4c3c(N)nn4C(=O)CCCCCCCCCCCNC(=O)C[C@H](N)CCC(=O)C[C@@H](CCC(=O)N[C@@H](CCC(=O)C[C@@H](CCC(=O)N[C@@H](CCC(=O)C[C@@H](CCC(=O)N[C@@H](CCC(=O)C[C@@H](CCC(=O)N[C@@H](CCC(=O)C[C@@H](CCC(=O)O)C(=O)O)C(=O)O)C(=O)O)C(=O)O)C(=O)O)C(=O)O)C(=O)O)C(=O)O)C(=O)O)cc2)c1.S.S.S.S.S.S.S.S.S.S. The maximum atomic E-state index is 14.3. The van der Waals surface area contributed by atoms with Crippen LogP contribution in [0, 0.1) is 42.3 Å². The maximum absolute atomic E-state index is 14.3. The molecule has 10 atom stereocenters. The van der Waals surface area contributed by atoms with Gasteiger partial charge in [0.15, 0.2) is 5.82 Å². The Labute approximate surface area is 895 Å². The van der Waals surface area contributed by atoms with E-state index in [-0.39, 0.29) is 203 Å². The Bertz CT molecular complexity index is 4870. The molecule has 0 bridgehead atoms. The predicted molar refractivity (Wildman–Crippen MR) is 571 cm³/mol. The molecule has 1 aromatic heterocycles. The number of nitrogens with two attached hydrogens (primary N) is 2. The largest absolute Gasteiger partial charge is 0.481 e. The van der Waals surface area contributed by atoms with Crippen LogP contribution < -0.4 is 38.1 Å². The number of nitrogens with zero attached hydrogens (tertiary/aromatic N) is 2. The van der Waals surface area contributed by atoms with Crippen LogP contribution in [0.5, 0.6) is 0 Å². The Hall–Kier alpha value is -9.94. The van der Waals surface area contributed by atoms with Gasteiger partial charge < -0.3 is 89.1 Å². The molecule has 5 amide bonds. The zero-order valence-corrected chi connectivity index (χ0v) is 89.0. The van der Waals surface area contributed by atoms with Gasteiger partial charge in [0, 0.05) is 135 Å². The fourth-order valence-electron chi connectivity index (χ4n) is 14.8. The van der Waals surface area contributed by atoms with E-state index in [0.29, 0.717) is 29.4 Å². The number of anilines is 1. The van der Waals surface area contributed by atoms with Gasteiger partial charge in [-0.05, 0) is 118 Å². The number of aromatic nitrogens is 2. The van der Waals surface area contributed by atoms with Gasteiger partial charge in [-0.1, -0.05) is 99.0 Å². The number of nitrogens with one attached hydrogen (secondary N) is 5. The number of fused-ring (bicyclic) bond motifs is 1. The van der Waals surface area contributed by atoms with Gasteiger partial charge in [0.05, 0.1) is 40.5 Å². The van der Waals surface area contributed by atoms with E-state index < -0.39 is 319 Å². The number of halogens is 1. The van der Waals surface area contributed by atoms with Crippen molar-refractivity contribution in [2.45, 2.75) is 281 Å². The maximum Gasteiger partial charge on any atom is 0.326 e. The lowest BCUT2D eigenvalue weighted by Crippen LogP contribution is -2.41. The van der Waals surface area contributed by atoms with Gasteiger partial charge in [-0.25, -0.2) is 23.6 Å². The van der Waals surface area contributed by atoms with E-state index in [9.17, 15) is 156 Å². The van der Waals surface area contributed by atoms with Crippen LogP contribution in [0.3, 0.4) is 0 Å². The van der Waals surface area contributed by atoms with Crippen molar-refractivity contribution in [2.24, 2.45) is 35.3 Å². The summed E-state index contributed by atoms with van der Waals surface area (Å²) < 4.78 is 15.6. The van der Waals surface area contributed by atoms with Crippen molar-refractivity contribution >= 4 is 282 Å². The van der Waals surface area contributed by atoms with Crippen molar-refractivity contribution in [3.63, 3.8) is 0 Å². The minimum absolute atomic E-state index is 0. The van der Waals surface area contributed by atoms with Crippen LogP contribution in [-0.4, -0.2) is 227 Å². The smallest absolute Gasteiger partial charge is 0.326 e. The van der Waals surface area contributed by atoms with Crippen molar-refractivity contribution in [2.75, 3.05) is 12.3 Å². The summed E-state index contributed by atoms with van der Waals surface area (Å²) in [5.74, 6) is -31.8. The van der Waals surface area contributed by atoms with Gasteiger partial charge in [0.1, 0.15) is 64.7 Å². The molecular weight excluding hydrogens is 2070 g/mol. The number of nitrogen functional groups attached to an aromatic ring is 1. The zero-order chi connectivity index (χ0) is 99.1. The first-order valence-electron chi connectivity index (χ1n) is 44.0. The summed E-state index contributed by atoms with van der Waals surface area (Å²) in [5.41, 5.74) is 16.8. The van der Waals surface area contributed by atoms with Crippen molar-refractivity contribution < 1.29 is 161 Å². The molecule has 0 radical (unpaired) electrons. The van der Waals surface area contributed by atoms with Gasteiger partial charge in [-0.2, -0.15) is 140 Å². The zero-order valence-electron chi connectivity index (χ0n) is 79.0. The molecule has 1 heterocycles. The summed E-state index contributed by atoms with van der Waals surface area (Å²) in [6.45, 7) is 2.25. The molecule has 4 rings (SSSR count). The van der Waals surface area contributed by atoms with E-state index in [4.69, 9.17) is 16.6 Å². The molecule has 0 unspecified atom stereocenters. The third-order valence-electron chi connectivity index (χ3n) is 22.4. The Morgan fingerprint density at radius 1 is 0.350 bits per heavy atom. The second-order valence-corrected chi connectivity index (χ2v) is 33.3. The van der Waals surface area contributed by atoms with E-state index >= 15 is 0 Å². The van der Waals surface area contributed by atoms with Gasteiger partial charge in [0.2, 0.25) is 35.4 Å². The first kappa shape index (κ1) is 146. The monoisotopic (exact) mass is 2210 g/mol. The molecule has 19 N–H and O–H groups in total. The molecule has 52 heteroatoms. The second kappa shape index (κ2) is 77.5. The summed E-state index contributed by atoms with van der Waals surface area (Å²) >= 11 is 0. The first-order chi connectivity index (χ1) is 62.8. The van der Waals surface area contributed by atoms with Gasteiger partial charge in [0.25, 0.3) is 0 Å². The van der Waals surface area contributed by atoms with Crippen LogP contribution >= 0.6 is 135 Å². The Kier molecular flexibility index (Phi) is 79.2. The first-order valence-corrected chi connectivity index (χ1v) is 44.0. The number of carbonyl (C=O) groups excluding carboxylic acids is 12. The number of hydrogen-bond acceptors (Lipinski definition) is 25. The highest BCUT2D eigenvalue weighted by atomic mass is 32.1. The molecule has 0 aliphatic rings. The van der Waals surface area contributed by atoms with Crippen LogP contribution in [0.1, 0.15) is 253 Å². The van der Waals surface area contributed by atoms with Crippen LogP contribution in [-0.2, 0) is 114 Å². The molecule has 0 aliphatic carbocycles. The molecule has 41 nitrogen and oxygen atoms in total. The van der Waals surface area contributed by atoms with Gasteiger partial charge in [-0.15, -0.1) is 5.10 Å². The number of Topliss-reactive ketones (excluding diaryl/α,β-unsaturated/α-hetero) is 6. The normalized spacial score (nSPS) is 12.5. The number of benzene rings is 3. The molecule has 0 spiro atoms. The molecule has 0 aliphatic heterocycles. The molecular formula is C91H140FN9O32S10. The summed E-state index contributed by atoms with van der Waals surface area (Å²) in [7, 11) is 0. The molecule has 0 saturated heterocycles. The Morgan fingerprint density at radius 2 is 0.678 bits per heavy atom. The lowest BCUT2D eigenvalue weighted by Gasteiger charge is -2.18. The highest BCUT2D eigenvalue weighted by Gasteiger charge is 2.34. The number of hydrogen-bond donors (Lipinski definition) is 17. The van der Waals surface area contributed by atoms with Gasteiger partial charge in [-0.3, -0.25) is 86.3 Å². The van der Waals surface area contributed by atoms with E-state index in [2.05, 4.69) is 31.7 Å². The van der Waals surface area contributed by atoms with E-state index in [1.807, 2.05) is 43.3 Å². The van der Waals surface area contributed by atoms with Crippen molar-refractivity contribution in [3.8, 4) is 11.1 Å². The number of carboxylic acid groups (broad SMARTS) is 10. The molecule has 0 fully saturated rings. The highest BCUT2D eigenvalue weighted by Crippen LogP contribution is 2.34. The standard InChI is InChI=1S/C91H120FN9O32.10H2S/c1-51-15-31-68(92)59(42-51)49-66(107)43-52-16-18-53(19-17-52)67-12-11-13-73-81(67)82(94)100-101(73)79(113)14-9-7-5-3-2-4-6-8-10-41-95-78(112)50-60(93)25-26-61(102)44-54(83(116)117)20-36-74(108)96-69(88(126)127)32-27-62(103)45-55(84(118)119)21-37-75(109)97-70(89(128)129)33-28-63(104)46-56(85(120)121)22-38-76(110)98-71(90(130)131)34-29-64(105)47-57(86(122)123)23-39-77(111)99-72(91(132)133)35-30-65(106)48-58(87(124)125)24-40-80(114)115;;;;;;;;;;/h11-13,15-19,31,42,54-58,60,69-72H,2-10,14,20-30,32-41,43-50,93H2,1H3,(H2,94,100)(H,95,112)(H,96,108)(H,97,109)(H,98,110)(H,99,111)(H,114,115)(H,116,117)(H,118,119)(H,120,121)(H,122,123)(H,124,125)(H,126,127)(H,128,129)(H,130,131)(H,132,133);10*1H2/t54-,55-,56-,57-,58-,60-,69+,70+,71+,72+;;;;;;;;;;/m1........../s1. The number of aryl methyl sites for hydroxylation is 1. The van der Waals surface area contributed by atoms with Crippen LogP contribution in [0.15, 0.2) is 60.7 Å². The minimum Gasteiger partial charge on any atom is -0.481 e.